The maximum absolute atomic E-state index is 12.4. The SMILES string of the molecule is O=C(NC1CCCc2c1cnn2-c1ccccc1)c1ccccn1. The molecule has 3 aromatic rings. The minimum atomic E-state index is -0.138. The van der Waals surface area contributed by atoms with Crippen LogP contribution in [-0.4, -0.2) is 20.7 Å². The van der Waals surface area contributed by atoms with E-state index < -0.39 is 0 Å². The van der Waals surface area contributed by atoms with Crippen molar-refractivity contribution in [2.24, 2.45) is 0 Å². The van der Waals surface area contributed by atoms with E-state index in [9.17, 15) is 4.79 Å². The van der Waals surface area contributed by atoms with E-state index in [2.05, 4.69) is 15.4 Å². The van der Waals surface area contributed by atoms with E-state index >= 15 is 0 Å². The first-order valence-electron chi connectivity index (χ1n) is 8.17. The number of hydrogen-bond donors (Lipinski definition) is 1. The molecule has 5 nitrogen and oxygen atoms in total. The second-order valence-electron chi connectivity index (χ2n) is 5.93. The van der Waals surface area contributed by atoms with Crippen molar-refractivity contribution in [1.82, 2.24) is 20.1 Å². The smallest absolute Gasteiger partial charge is 0.270 e. The van der Waals surface area contributed by atoms with Crippen LogP contribution in [0.4, 0.5) is 0 Å². The molecule has 1 aliphatic carbocycles. The topological polar surface area (TPSA) is 59.8 Å². The number of aromatic nitrogens is 3. The van der Waals surface area contributed by atoms with Crippen molar-refractivity contribution in [2.45, 2.75) is 25.3 Å². The highest BCUT2D eigenvalue weighted by Crippen LogP contribution is 2.31. The Morgan fingerprint density at radius 2 is 1.96 bits per heavy atom. The Balaban J connectivity index is 1.61. The van der Waals surface area contributed by atoms with Gasteiger partial charge in [-0.05, 0) is 43.5 Å². The van der Waals surface area contributed by atoms with Gasteiger partial charge in [-0.3, -0.25) is 9.78 Å². The molecule has 0 fully saturated rings. The van der Waals surface area contributed by atoms with Crippen LogP contribution in [0.3, 0.4) is 0 Å². The zero-order chi connectivity index (χ0) is 16.4. The van der Waals surface area contributed by atoms with E-state index in [1.165, 1.54) is 5.69 Å². The van der Waals surface area contributed by atoms with Gasteiger partial charge in [-0.2, -0.15) is 5.10 Å². The summed E-state index contributed by atoms with van der Waals surface area (Å²) in [7, 11) is 0. The molecule has 0 bridgehead atoms. The van der Waals surface area contributed by atoms with Gasteiger partial charge in [-0.1, -0.05) is 24.3 Å². The molecule has 0 radical (unpaired) electrons. The molecule has 1 aromatic carbocycles. The van der Waals surface area contributed by atoms with Gasteiger partial charge in [0.25, 0.3) is 5.91 Å². The number of benzene rings is 1. The lowest BCUT2D eigenvalue weighted by molar-refractivity contribution is 0.0927. The number of pyridine rings is 1. The Hall–Kier alpha value is -2.95. The summed E-state index contributed by atoms with van der Waals surface area (Å²) in [5.41, 5.74) is 3.78. The van der Waals surface area contributed by atoms with Crippen LogP contribution in [0.5, 0.6) is 0 Å². The number of fused-ring (bicyclic) bond motifs is 1. The largest absolute Gasteiger partial charge is 0.344 e. The number of amides is 1. The second-order valence-corrected chi connectivity index (χ2v) is 5.93. The van der Waals surface area contributed by atoms with Gasteiger partial charge in [0.05, 0.1) is 17.9 Å². The molecule has 1 amide bonds. The van der Waals surface area contributed by atoms with E-state index in [1.807, 2.05) is 47.3 Å². The Morgan fingerprint density at radius 1 is 1.12 bits per heavy atom. The fourth-order valence-electron chi connectivity index (χ4n) is 3.23. The summed E-state index contributed by atoms with van der Waals surface area (Å²) in [5.74, 6) is -0.138. The molecular weight excluding hydrogens is 300 g/mol. The first kappa shape index (κ1) is 14.6. The lowest BCUT2D eigenvalue weighted by Crippen LogP contribution is -2.31. The summed E-state index contributed by atoms with van der Waals surface area (Å²) in [4.78, 5) is 16.5. The average molecular weight is 318 g/mol. The number of rotatable bonds is 3. The first-order chi connectivity index (χ1) is 11.8. The second kappa shape index (κ2) is 6.28. The molecule has 1 atom stereocenters. The Morgan fingerprint density at radius 3 is 2.75 bits per heavy atom. The molecule has 0 saturated heterocycles. The summed E-state index contributed by atoms with van der Waals surface area (Å²) in [6.07, 6.45) is 6.43. The normalized spacial score (nSPS) is 16.4. The number of nitrogens with zero attached hydrogens (tertiary/aromatic N) is 3. The van der Waals surface area contributed by atoms with E-state index in [-0.39, 0.29) is 11.9 Å². The molecule has 1 unspecified atom stereocenters. The van der Waals surface area contributed by atoms with Gasteiger partial charge in [-0.25, -0.2) is 4.68 Å². The molecule has 0 spiro atoms. The minimum Gasteiger partial charge on any atom is -0.344 e. The van der Waals surface area contributed by atoms with Crippen molar-refractivity contribution in [3.8, 4) is 5.69 Å². The fraction of sp³-hybridized carbons (Fsp3) is 0.211. The third-order valence-corrected chi connectivity index (χ3v) is 4.39. The Labute approximate surface area is 140 Å². The highest BCUT2D eigenvalue weighted by Gasteiger charge is 2.26. The Kier molecular flexibility index (Phi) is 3.83. The highest BCUT2D eigenvalue weighted by atomic mass is 16.1. The molecule has 0 saturated carbocycles. The van der Waals surface area contributed by atoms with Crippen LogP contribution in [0.15, 0.2) is 60.9 Å². The van der Waals surface area contributed by atoms with Crippen molar-refractivity contribution < 1.29 is 4.79 Å². The van der Waals surface area contributed by atoms with Crippen LogP contribution in [0.2, 0.25) is 0 Å². The van der Waals surface area contributed by atoms with E-state index in [4.69, 9.17) is 0 Å². The molecule has 120 valence electrons. The van der Waals surface area contributed by atoms with Gasteiger partial charge >= 0.3 is 0 Å². The number of nitrogens with one attached hydrogen (secondary N) is 1. The molecule has 1 aliphatic rings. The summed E-state index contributed by atoms with van der Waals surface area (Å²) in [6.45, 7) is 0. The van der Waals surface area contributed by atoms with Crippen LogP contribution in [0.25, 0.3) is 5.69 Å². The third-order valence-electron chi connectivity index (χ3n) is 4.39. The van der Waals surface area contributed by atoms with Crippen LogP contribution >= 0.6 is 0 Å². The molecule has 5 heteroatoms. The molecule has 2 aromatic heterocycles. The van der Waals surface area contributed by atoms with E-state index in [1.54, 1.807) is 18.3 Å². The fourth-order valence-corrected chi connectivity index (χ4v) is 3.23. The quantitative estimate of drug-likeness (QED) is 0.807. The van der Waals surface area contributed by atoms with Crippen molar-refractivity contribution in [2.75, 3.05) is 0 Å². The van der Waals surface area contributed by atoms with Crippen molar-refractivity contribution in [1.29, 1.82) is 0 Å². The summed E-state index contributed by atoms with van der Waals surface area (Å²) in [6, 6.07) is 15.4. The van der Waals surface area contributed by atoms with Gasteiger partial charge in [-0.15, -0.1) is 0 Å². The number of carbonyl (C=O) groups is 1. The van der Waals surface area contributed by atoms with Gasteiger partial charge in [0.2, 0.25) is 0 Å². The van der Waals surface area contributed by atoms with Crippen LogP contribution in [0.1, 0.15) is 40.6 Å². The summed E-state index contributed by atoms with van der Waals surface area (Å²) >= 11 is 0. The monoisotopic (exact) mass is 318 g/mol. The van der Waals surface area contributed by atoms with Crippen LogP contribution in [-0.2, 0) is 6.42 Å². The molecule has 2 heterocycles. The third kappa shape index (κ3) is 2.69. The van der Waals surface area contributed by atoms with Crippen molar-refractivity contribution in [3.05, 3.63) is 77.9 Å². The maximum atomic E-state index is 12.4. The molecular formula is C19H18N4O. The lowest BCUT2D eigenvalue weighted by atomic mass is 9.92. The van der Waals surface area contributed by atoms with E-state index in [0.717, 1.165) is 30.5 Å². The zero-order valence-corrected chi connectivity index (χ0v) is 13.2. The lowest BCUT2D eigenvalue weighted by Gasteiger charge is -2.24. The predicted octanol–water partition coefficient (Wildman–Crippen LogP) is 3.07. The molecule has 4 rings (SSSR count). The molecule has 1 N–H and O–H groups in total. The summed E-state index contributed by atoms with van der Waals surface area (Å²) in [5, 5.41) is 7.65. The average Bonchev–Trinajstić information content (AvgIpc) is 3.08. The number of para-hydroxylation sites is 1. The molecule has 24 heavy (non-hydrogen) atoms. The minimum absolute atomic E-state index is 0.0132. The van der Waals surface area contributed by atoms with Crippen molar-refractivity contribution >= 4 is 5.91 Å². The van der Waals surface area contributed by atoms with Crippen LogP contribution < -0.4 is 5.32 Å². The van der Waals surface area contributed by atoms with Gasteiger partial charge in [0.15, 0.2) is 0 Å². The standard InChI is InChI=1S/C19H18N4O/c24-19(17-9-4-5-12-20-17)22-16-10-6-11-18-15(16)13-21-23(18)14-7-2-1-3-8-14/h1-5,7-9,12-13,16H,6,10-11H2,(H,22,24). The number of carbonyl (C=O) groups excluding carboxylic acids is 1. The predicted molar refractivity (Wildman–Crippen MR) is 90.9 cm³/mol. The highest BCUT2D eigenvalue weighted by molar-refractivity contribution is 5.92. The Bertz CT molecular complexity index is 842. The summed E-state index contributed by atoms with van der Waals surface area (Å²) < 4.78 is 1.98. The maximum Gasteiger partial charge on any atom is 0.270 e. The van der Waals surface area contributed by atoms with Gasteiger partial charge in [0.1, 0.15) is 5.69 Å². The first-order valence-corrected chi connectivity index (χ1v) is 8.17. The molecule has 0 aliphatic heterocycles. The number of hydrogen-bond acceptors (Lipinski definition) is 3. The van der Waals surface area contributed by atoms with Gasteiger partial charge in [0, 0.05) is 17.5 Å². The van der Waals surface area contributed by atoms with Crippen LogP contribution in [0, 0.1) is 0 Å². The van der Waals surface area contributed by atoms with Gasteiger partial charge < -0.3 is 5.32 Å². The van der Waals surface area contributed by atoms with Crippen molar-refractivity contribution in [3.63, 3.8) is 0 Å². The zero-order valence-electron chi connectivity index (χ0n) is 13.2. The van der Waals surface area contributed by atoms with E-state index in [0.29, 0.717) is 5.69 Å².